The third-order valence-corrected chi connectivity index (χ3v) is 2.86. The summed E-state index contributed by atoms with van der Waals surface area (Å²) in [4.78, 5) is 0. The summed E-state index contributed by atoms with van der Waals surface area (Å²) in [5.41, 5.74) is 3.84. The Kier molecular flexibility index (Phi) is 4.69. The van der Waals surface area contributed by atoms with E-state index in [0.29, 0.717) is 10.0 Å². The van der Waals surface area contributed by atoms with Crippen LogP contribution < -0.4 is 11.3 Å². The van der Waals surface area contributed by atoms with E-state index in [1.165, 1.54) is 0 Å². The first-order valence-corrected chi connectivity index (χ1v) is 5.35. The third kappa shape index (κ3) is 2.85. The van der Waals surface area contributed by atoms with Crippen LogP contribution in [0.25, 0.3) is 0 Å². The molecule has 0 fully saturated rings. The van der Waals surface area contributed by atoms with Crippen molar-refractivity contribution in [2.75, 3.05) is 0 Å². The van der Waals surface area contributed by atoms with Gasteiger partial charge in [0.05, 0.1) is 10.0 Å². The Bertz CT molecular complexity index is 302. The van der Waals surface area contributed by atoms with E-state index < -0.39 is 0 Å². The molecule has 1 aromatic rings. The second kappa shape index (κ2) is 5.56. The van der Waals surface area contributed by atoms with Gasteiger partial charge in [-0.15, -0.1) is 0 Å². The van der Waals surface area contributed by atoms with Crippen LogP contribution in [-0.2, 0) is 0 Å². The van der Waals surface area contributed by atoms with Gasteiger partial charge in [0.15, 0.2) is 0 Å². The van der Waals surface area contributed by atoms with Crippen LogP contribution in [0, 0.1) is 0 Å². The zero-order valence-corrected chi connectivity index (χ0v) is 9.57. The minimum absolute atomic E-state index is 0.148. The molecule has 0 spiro atoms. The monoisotopic (exact) mass is 232 g/mol. The molecule has 0 aliphatic heterocycles. The molecule has 0 aromatic heterocycles. The van der Waals surface area contributed by atoms with Crippen LogP contribution in [0.4, 0.5) is 0 Å². The van der Waals surface area contributed by atoms with Gasteiger partial charge in [-0.25, -0.2) is 0 Å². The molecule has 14 heavy (non-hydrogen) atoms. The van der Waals surface area contributed by atoms with Gasteiger partial charge >= 0.3 is 0 Å². The lowest BCUT2D eigenvalue weighted by atomic mass is 10.0. The van der Waals surface area contributed by atoms with E-state index in [-0.39, 0.29) is 6.04 Å². The highest BCUT2D eigenvalue weighted by Gasteiger charge is 2.09. The molecule has 2 nitrogen and oxygen atoms in total. The van der Waals surface area contributed by atoms with Crippen molar-refractivity contribution in [2.24, 2.45) is 5.84 Å². The molecule has 0 saturated heterocycles. The highest BCUT2D eigenvalue weighted by atomic mass is 35.5. The molecule has 0 heterocycles. The number of hydrogen-bond acceptors (Lipinski definition) is 2. The van der Waals surface area contributed by atoms with Crippen LogP contribution in [0.1, 0.15) is 31.4 Å². The molecule has 0 aliphatic rings. The van der Waals surface area contributed by atoms with Crippen molar-refractivity contribution < 1.29 is 0 Å². The molecule has 1 aromatic carbocycles. The average molecular weight is 233 g/mol. The number of nitrogens with one attached hydrogen (secondary N) is 1. The van der Waals surface area contributed by atoms with Gasteiger partial charge < -0.3 is 0 Å². The van der Waals surface area contributed by atoms with E-state index in [2.05, 4.69) is 12.3 Å². The summed E-state index contributed by atoms with van der Waals surface area (Å²) in [6, 6.07) is 5.73. The minimum Gasteiger partial charge on any atom is -0.271 e. The van der Waals surface area contributed by atoms with Crippen LogP contribution in [0.2, 0.25) is 10.0 Å². The van der Waals surface area contributed by atoms with Crippen molar-refractivity contribution in [1.82, 2.24) is 5.43 Å². The first-order valence-electron chi connectivity index (χ1n) is 4.60. The largest absolute Gasteiger partial charge is 0.271 e. The lowest BCUT2D eigenvalue weighted by molar-refractivity contribution is 0.510. The normalized spacial score (nSPS) is 12.9. The van der Waals surface area contributed by atoms with Crippen LogP contribution in [0.15, 0.2) is 18.2 Å². The van der Waals surface area contributed by atoms with Gasteiger partial charge in [0.25, 0.3) is 0 Å². The Hall–Kier alpha value is -0.280. The first kappa shape index (κ1) is 11.8. The Morgan fingerprint density at radius 1 is 1.36 bits per heavy atom. The molecule has 0 amide bonds. The maximum absolute atomic E-state index is 5.91. The summed E-state index contributed by atoms with van der Waals surface area (Å²) in [6.07, 6.45) is 2.05. The summed E-state index contributed by atoms with van der Waals surface area (Å²) in [6.45, 7) is 2.11. The van der Waals surface area contributed by atoms with E-state index in [1.807, 2.05) is 12.1 Å². The van der Waals surface area contributed by atoms with E-state index in [0.717, 1.165) is 18.4 Å². The predicted molar refractivity (Wildman–Crippen MR) is 61.4 cm³/mol. The fourth-order valence-electron chi connectivity index (χ4n) is 1.36. The number of benzene rings is 1. The first-order chi connectivity index (χ1) is 6.69. The van der Waals surface area contributed by atoms with Gasteiger partial charge in [0.2, 0.25) is 0 Å². The topological polar surface area (TPSA) is 38.0 Å². The van der Waals surface area contributed by atoms with Crippen LogP contribution in [0.5, 0.6) is 0 Å². The molecule has 0 bridgehead atoms. The van der Waals surface area contributed by atoms with E-state index in [1.54, 1.807) is 6.07 Å². The number of hydrogen-bond donors (Lipinski definition) is 2. The molecule has 0 radical (unpaired) electrons. The van der Waals surface area contributed by atoms with Crippen molar-refractivity contribution in [2.45, 2.75) is 25.8 Å². The number of rotatable bonds is 4. The molecule has 78 valence electrons. The fraction of sp³-hybridized carbons (Fsp3) is 0.400. The molecule has 1 atom stereocenters. The van der Waals surface area contributed by atoms with Crippen LogP contribution >= 0.6 is 23.2 Å². The lowest BCUT2D eigenvalue weighted by Gasteiger charge is -2.15. The standard InChI is InChI=1S/C10H14Cl2N2/c1-2-3-10(14-13)7-4-5-8(11)9(12)6-7/h4-6,10,14H,2-3,13H2,1H3. The molecular formula is C10H14Cl2N2. The molecule has 0 aliphatic carbocycles. The molecule has 4 heteroatoms. The zero-order valence-electron chi connectivity index (χ0n) is 8.06. The summed E-state index contributed by atoms with van der Waals surface area (Å²) in [5, 5.41) is 1.14. The predicted octanol–water partition coefficient (Wildman–Crippen LogP) is 3.30. The average Bonchev–Trinajstić information content (AvgIpc) is 2.19. The van der Waals surface area contributed by atoms with Crippen LogP contribution in [-0.4, -0.2) is 0 Å². The smallest absolute Gasteiger partial charge is 0.0595 e. The van der Waals surface area contributed by atoms with Gasteiger partial charge in [-0.3, -0.25) is 11.3 Å². The molecule has 0 saturated carbocycles. The Labute approximate surface area is 94.4 Å². The summed E-state index contributed by atoms with van der Waals surface area (Å²) >= 11 is 11.7. The number of halogens is 2. The zero-order chi connectivity index (χ0) is 10.6. The van der Waals surface area contributed by atoms with Crippen molar-refractivity contribution in [3.63, 3.8) is 0 Å². The molecule has 1 rings (SSSR count). The third-order valence-electron chi connectivity index (χ3n) is 2.12. The Morgan fingerprint density at radius 2 is 2.07 bits per heavy atom. The summed E-state index contributed by atoms with van der Waals surface area (Å²) in [7, 11) is 0. The maximum Gasteiger partial charge on any atom is 0.0595 e. The second-order valence-electron chi connectivity index (χ2n) is 3.18. The van der Waals surface area contributed by atoms with E-state index in [4.69, 9.17) is 29.0 Å². The highest BCUT2D eigenvalue weighted by molar-refractivity contribution is 6.42. The van der Waals surface area contributed by atoms with Gasteiger partial charge in [-0.1, -0.05) is 42.6 Å². The Balaban J connectivity index is 2.88. The van der Waals surface area contributed by atoms with E-state index in [9.17, 15) is 0 Å². The summed E-state index contributed by atoms with van der Waals surface area (Å²) in [5.74, 6) is 5.45. The molecule has 1 unspecified atom stereocenters. The van der Waals surface area contributed by atoms with E-state index >= 15 is 0 Å². The van der Waals surface area contributed by atoms with Crippen LogP contribution in [0.3, 0.4) is 0 Å². The van der Waals surface area contributed by atoms with Gasteiger partial charge in [0.1, 0.15) is 0 Å². The van der Waals surface area contributed by atoms with Gasteiger partial charge in [0, 0.05) is 6.04 Å². The lowest BCUT2D eigenvalue weighted by Crippen LogP contribution is -2.27. The highest BCUT2D eigenvalue weighted by Crippen LogP contribution is 2.26. The van der Waals surface area contributed by atoms with Crippen molar-refractivity contribution in [1.29, 1.82) is 0 Å². The molecular weight excluding hydrogens is 219 g/mol. The maximum atomic E-state index is 5.91. The van der Waals surface area contributed by atoms with Crippen molar-refractivity contribution in [3.8, 4) is 0 Å². The second-order valence-corrected chi connectivity index (χ2v) is 4.00. The quantitative estimate of drug-likeness (QED) is 0.618. The van der Waals surface area contributed by atoms with Gasteiger partial charge in [-0.05, 0) is 24.1 Å². The minimum atomic E-state index is 0.148. The SMILES string of the molecule is CCCC(NN)c1ccc(Cl)c(Cl)c1. The molecule has 3 N–H and O–H groups in total. The van der Waals surface area contributed by atoms with Crippen molar-refractivity contribution >= 4 is 23.2 Å². The summed E-state index contributed by atoms with van der Waals surface area (Å²) < 4.78 is 0. The Morgan fingerprint density at radius 3 is 2.57 bits per heavy atom. The fourth-order valence-corrected chi connectivity index (χ4v) is 1.67. The number of hydrazine groups is 1. The number of nitrogens with two attached hydrogens (primary N) is 1. The van der Waals surface area contributed by atoms with Gasteiger partial charge in [-0.2, -0.15) is 0 Å². The van der Waals surface area contributed by atoms with Crippen molar-refractivity contribution in [3.05, 3.63) is 33.8 Å².